The lowest BCUT2D eigenvalue weighted by Crippen LogP contribution is -2.69. The maximum Gasteiger partial charge on any atom is 0.441 e. The number of carbonyl (C=O) groups is 2. The molecule has 0 saturated heterocycles. The Hall–Kier alpha value is -2.62. The molecular weight excluding hydrogens is 431 g/mol. The van der Waals surface area contributed by atoms with Gasteiger partial charge in [0.25, 0.3) is 5.91 Å². The predicted octanol–water partition coefficient (Wildman–Crippen LogP) is 3.43. The Bertz CT molecular complexity index is 826. The number of esters is 1. The Labute approximate surface area is 161 Å². The minimum Gasteiger partial charge on any atom is -0.466 e. The number of hydrogen-bond acceptors (Lipinski definition) is 5. The van der Waals surface area contributed by atoms with Crippen LogP contribution in [0.25, 0.3) is 0 Å². The number of aromatic nitrogens is 1. The molecule has 0 aliphatic carbocycles. The van der Waals surface area contributed by atoms with Crippen LogP contribution >= 0.6 is 15.9 Å². The molecule has 1 aromatic carbocycles. The zero-order chi connectivity index (χ0) is 20.2. The number of anilines is 1. The minimum atomic E-state index is -5.23. The largest absolute Gasteiger partial charge is 0.466 e. The molecule has 0 fully saturated rings. The first-order valence-corrected chi connectivity index (χ1v) is 8.32. The third kappa shape index (κ3) is 4.57. The van der Waals surface area contributed by atoms with E-state index >= 15 is 0 Å². The third-order valence-electron chi connectivity index (χ3n) is 3.57. The number of ether oxygens (including phenoxy) is 1. The summed E-state index contributed by atoms with van der Waals surface area (Å²) < 4.78 is 46.5. The van der Waals surface area contributed by atoms with Crippen molar-refractivity contribution in [3.63, 3.8) is 0 Å². The zero-order valence-corrected chi connectivity index (χ0v) is 15.8. The Morgan fingerprint density at radius 3 is 2.22 bits per heavy atom. The van der Waals surface area contributed by atoms with Gasteiger partial charge in [0.1, 0.15) is 5.82 Å². The van der Waals surface area contributed by atoms with Gasteiger partial charge < -0.3 is 15.4 Å². The summed E-state index contributed by atoms with van der Waals surface area (Å²) in [5.74, 6) is -3.13. The van der Waals surface area contributed by atoms with E-state index < -0.39 is 23.7 Å². The van der Waals surface area contributed by atoms with Crippen molar-refractivity contribution < 1.29 is 27.5 Å². The highest BCUT2D eigenvalue weighted by molar-refractivity contribution is 9.10. The van der Waals surface area contributed by atoms with Gasteiger partial charge in [-0.3, -0.25) is 4.79 Å². The second kappa shape index (κ2) is 7.95. The van der Waals surface area contributed by atoms with E-state index in [1.54, 1.807) is 24.4 Å². The summed E-state index contributed by atoms with van der Waals surface area (Å²) >= 11 is 3.11. The Morgan fingerprint density at radius 2 is 1.74 bits per heavy atom. The summed E-state index contributed by atoms with van der Waals surface area (Å²) in [6.45, 7) is 1.76. The molecular formula is C17H15BrF3N3O3. The molecule has 2 rings (SSSR count). The first-order valence-electron chi connectivity index (χ1n) is 7.53. The van der Waals surface area contributed by atoms with Crippen molar-refractivity contribution in [2.75, 3.05) is 12.4 Å². The first kappa shape index (κ1) is 20.7. The fourth-order valence-electron chi connectivity index (χ4n) is 2.13. The zero-order valence-electron chi connectivity index (χ0n) is 14.2. The number of methoxy groups -OCH3 is 1. The number of nitrogens with zero attached hydrogens (tertiary/aromatic N) is 1. The number of nitrogens with one attached hydrogen (secondary N) is 2. The second-order valence-corrected chi connectivity index (χ2v) is 6.46. The number of carbonyl (C=O) groups excluding carboxylic acids is 2. The van der Waals surface area contributed by atoms with Crippen LogP contribution in [-0.4, -0.2) is 35.8 Å². The van der Waals surface area contributed by atoms with E-state index in [0.29, 0.717) is 4.47 Å². The molecule has 0 saturated carbocycles. The summed E-state index contributed by atoms with van der Waals surface area (Å²) in [7, 11) is 0.789. The summed E-state index contributed by atoms with van der Waals surface area (Å²) in [5.41, 5.74) is -2.76. The highest BCUT2D eigenvalue weighted by Gasteiger charge is 2.63. The normalized spacial score (nSPS) is 13.4. The molecule has 2 aromatic rings. The Morgan fingerprint density at radius 1 is 1.11 bits per heavy atom. The van der Waals surface area contributed by atoms with Crippen LogP contribution in [0.4, 0.5) is 19.0 Å². The predicted molar refractivity (Wildman–Crippen MR) is 95.0 cm³/mol. The van der Waals surface area contributed by atoms with Crippen LogP contribution in [0.3, 0.4) is 0 Å². The van der Waals surface area contributed by atoms with Crippen molar-refractivity contribution in [1.29, 1.82) is 0 Å². The van der Waals surface area contributed by atoms with E-state index in [4.69, 9.17) is 0 Å². The monoisotopic (exact) mass is 445 g/mol. The van der Waals surface area contributed by atoms with Gasteiger partial charge in [0.05, 0.1) is 7.11 Å². The minimum absolute atomic E-state index is 0.0521. The maximum atomic E-state index is 13.9. The van der Waals surface area contributed by atoms with E-state index in [9.17, 15) is 22.8 Å². The van der Waals surface area contributed by atoms with Crippen LogP contribution in [0.5, 0.6) is 0 Å². The SMILES string of the molecule is COC(=O)C(NC(=O)c1ccc(C)cc1)(Nc1ccc(Br)cn1)C(F)(F)F. The second-order valence-electron chi connectivity index (χ2n) is 5.55. The Kier molecular flexibility index (Phi) is 6.09. The molecule has 144 valence electrons. The number of hydrogen-bond donors (Lipinski definition) is 2. The Balaban J connectivity index is 2.46. The average molecular weight is 446 g/mol. The van der Waals surface area contributed by atoms with Gasteiger partial charge in [0.2, 0.25) is 0 Å². The molecule has 1 unspecified atom stereocenters. The number of aryl methyl sites for hydroxylation is 1. The van der Waals surface area contributed by atoms with Gasteiger partial charge in [0, 0.05) is 16.2 Å². The van der Waals surface area contributed by atoms with Gasteiger partial charge in [-0.15, -0.1) is 0 Å². The van der Waals surface area contributed by atoms with Crippen molar-refractivity contribution in [3.8, 4) is 0 Å². The van der Waals surface area contributed by atoms with E-state index in [1.165, 1.54) is 30.5 Å². The maximum absolute atomic E-state index is 13.9. The number of rotatable bonds is 5. The van der Waals surface area contributed by atoms with Crippen molar-refractivity contribution in [3.05, 3.63) is 58.2 Å². The molecule has 0 aliphatic rings. The molecule has 1 amide bonds. The lowest BCUT2D eigenvalue weighted by Gasteiger charge is -2.34. The fraction of sp³-hybridized carbons (Fsp3) is 0.235. The number of amides is 1. The quantitative estimate of drug-likeness (QED) is 0.544. The van der Waals surface area contributed by atoms with Crippen molar-refractivity contribution >= 4 is 33.6 Å². The lowest BCUT2D eigenvalue weighted by molar-refractivity contribution is -0.203. The highest BCUT2D eigenvalue weighted by Crippen LogP contribution is 2.33. The van der Waals surface area contributed by atoms with Gasteiger partial charge in [-0.1, -0.05) is 17.7 Å². The van der Waals surface area contributed by atoms with Gasteiger partial charge in [-0.05, 0) is 47.1 Å². The molecule has 6 nitrogen and oxygen atoms in total. The van der Waals surface area contributed by atoms with E-state index in [2.05, 4.69) is 25.7 Å². The lowest BCUT2D eigenvalue weighted by atomic mass is 10.1. The molecule has 2 N–H and O–H groups in total. The third-order valence-corrected chi connectivity index (χ3v) is 4.04. The molecule has 1 aromatic heterocycles. The van der Waals surface area contributed by atoms with Crippen LogP contribution in [0, 0.1) is 6.92 Å². The topological polar surface area (TPSA) is 80.3 Å². The van der Waals surface area contributed by atoms with Crippen molar-refractivity contribution in [2.24, 2.45) is 0 Å². The number of benzene rings is 1. The number of alkyl halides is 3. The van der Waals surface area contributed by atoms with Crippen molar-refractivity contribution in [2.45, 2.75) is 18.8 Å². The van der Waals surface area contributed by atoms with Gasteiger partial charge in [-0.25, -0.2) is 9.78 Å². The molecule has 10 heteroatoms. The molecule has 0 spiro atoms. The first-order chi connectivity index (χ1) is 12.6. The van der Waals surface area contributed by atoms with Crippen LogP contribution in [0.2, 0.25) is 0 Å². The average Bonchev–Trinajstić information content (AvgIpc) is 2.61. The van der Waals surface area contributed by atoms with E-state index in [1.807, 2.05) is 5.32 Å². The molecule has 27 heavy (non-hydrogen) atoms. The van der Waals surface area contributed by atoms with Crippen LogP contribution in [0.15, 0.2) is 47.1 Å². The summed E-state index contributed by atoms with van der Waals surface area (Å²) in [5, 5.41) is 3.68. The molecule has 0 radical (unpaired) electrons. The van der Waals surface area contributed by atoms with E-state index in [0.717, 1.165) is 12.7 Å². The fourth-order valence-corrected chi connectivity index (χ4v) is 2.37. The highest BCUT2D eigenvalue weighted by atomic mass is 79.9. The molecule has 1 atom stereocenters. The summed E-state index contributed by atoms with van der Waals surface area (Å²) in [4.78, 5) is 28.3. The van der Waals surface area contributed by atoms with Gasteiger partial charge in [-0.2, -0.15) is 13.2 Å². The smallest absolute Gasteiger partial charge is 0.441 e. The summed E-state index contributed by atoms with van der Waals surface area (Å²) in [6.07, 6.45) is -3.99. The number of pyridine rings is 1. The molecule has 0 aliphatic heterocycles. The standard InChI is InChI=1S/C17H15BrF3N3O3/c1-10-3-5-11(6-4-10)14(25)24-16(15(26)27-2,17(19,20)21)23-13-8-7-12(18)9-22-13/h3-9H,1-2H3,(H,22,23)(H,24,25). The van der Waals surface area contributed by atoms with Crippen LogP contribution in [0.1, 0.15) is 15.9 Å². The van der Waals surface area contributed by atoms with Crippen LogP contribution in [-0.2, 0) is 9.53 Å². The van der Waals surface area contributed by atoms with E-state index in [-0.39, 0.29) is 11.4 Å². The summed E-state index contributed by atoms with van der Waals surface area (Å²) in [6, 6.07) is 8.46. The van der Waals surface area contributed by atoms with Gasteiger partial charge in [0.15, 0.2) is 0 Å². The van der Waals surface area contributed by atoms with Crippen molar-refractivity contribution in [1.82, 2.24) is 10.3 Å². The molecule has 1 heterocycles. The number of halogens is 4. The van der Waals surface area contributed by atoms with Crippen LogP contribution < -0.4 is 10.6 Å². The molecule has 0 bridgehead atoms. The van der Waals surface area contributed by atoms with Gasteiger partial charge >= 0.3 is 17.8 Å².